The number of guanidine groups is 1. The molecule has 1 aromatic carbocycles. The summed E-state index contributed by atoms with van der Waals surface area (Å²) in [5, 5.41) is 0.731. The smallest absolute Gasteiger partial charge is 0.196 e. The molecule has 116 valence electrons. The average Bonchev–Trinajstić information content (AvgIpc) is 2.76. The zero-order valence-corrected chi connectivity index (χ0v) is 13.9. The molecule has 1 aromatic rings. The molecule has 0 aliphatic carbocycles. The Bertz CT molecular complexity index is 501. The minimum absolute atomic E-state index is 0.0543. The van der Waals surface area contributed by atoms with Crippen molar-refractivity contribution in [2.75, 3.05) is 11.4 Å². The van der Waals surface area contributed by atoms with Gasteiger partial charge in [-0.25, -0.2) is 0 Å². The summed E-state index contributed by atoms with van der Waals surface area (Å²) in [7, 11) is 0. The third kappa shape index (κ3) is 3.70. The molecular formula is C17H26ClN3. The molecule has 1 atom stereocenters. The number of hydrogen-bond acceptors (Lipinski definition) is 3. The van der Waals surface area contributed by atoms with E-state index in [0.29, 0.717) is 5.96 Å². The van der Waals surface area contributed by atoms with Crippen molar-refractivity contribution in [1.82, 2.24) is 0 Å². The maximum atomic E-state index is 6.35. The van der Waals surface area contributed by atoms with Crippen molar-refractivity contribution in [3.63, 3.8) is 0 Å². The first-order valence-corrected chi connectivity index (χ1v) is 8.31. The fourth-order valence-electron chi connectivity index (χ4n) is 3.02. The van der Waals surface area contributed by atoms with Crippen LogP contribution in [0.1, 0.15) is 52.4 Å². The quantitative estimate of drug-likeness (QED) is 0.748. The number of unbranched alkanes of at least 4 members (excludes halogenated alkanes) is 4. The second-order valence-corrected chi connectivity index (χ2v) is 6.53. The highest BCUT2D eigenvalue weighted by molar-refractivity contribution is 6.34. The van der Waals surface area contributed by atoms with E-state index in [2.05, 4.69) is 23.7 Å². The number of rotatable bonds is 7. The highest BCUT2D eigenvalue weighted by Crippen LogP contribution is 2.36. The van der Waals surface area contributed by atoms with Crippen molar-refractivity contribution in [3.8, 4) is 0 Å². The van der Waals surface area contributed by atoms with Crippen LogP contribution in [-0.4, -0.2) is 18.0 Å². The summed E-state index contributed by atoms with van der Waals surface area (Å²) in [5.74, 6) is 0.583. The van der Waals surface area contributed by atoms with Gasteiger partial charge in [-0.1, -0.05) is 62.8 Å². The van der Waals surface area contributed by atoms with E-state index < -0.39 is 0 Å². The maximum absolute atomic E-state index is 6.35. The number of benzene rings is 1. The predicted octanol–water partition coefficient (Wildman–Crippen LogP) is 4.59. The van der Waals surface area contributed by atoms with E-state index in [4.69, 9.17) is 17.3 Å². The molecule has 0 bridgehead atoms. The van der Waals surface area contributed by atoms with Gasteiger partial charge in [0.25, 0.3) is 0 Å². The number of anilines is 1. The Morgan fingerprint density at radius 3 is 2.67 bits per heavy atom. The van der Waals surface area contributed by atoms with E-state index in [1.54, 1.807) is 0 Å². The molecule has 4 heteroatoms. The molecule has 0 fully saturated rings. The maximum Gasteiger partial charge on any atom is 0.196 e. The molecule has 0 saturated carbocycles. The topological polar surface area (TPSA) is 41.6 Å². The molecule has 0 radical (unpaired) electrons. The fourth-order valence-corrected chi connectivity index (χ4v) is 3.24. The van der Waals surface area contributed by atoms with Crippen LogP contribution in [0.5, 0.6) is 0 Å². The average molecular weight is 308 g/mol. The highest BCUT2D eigenvalue weighted by atomic mass is 35.5. The lowest BCUT2D eigenvalue weighted by atomic mass is 9.92. The molecule has 0 saturated heterocycles. The molecule has 2 rings (SSSR count). The number of hydrogen-bond donors (Lipinski definition) is 1. The lowest BCUT2D eigenvalue weighted by Gasteiger charge is -2.36. The van der Waals surface area contributed by atoms with Gasteiger partial charge in [-0.2, -0.15) is 0 Å². The van der Waals surface area contributed by atoms with Crippen molar-refractivity contribution >= 4 is 23.2 Å². The van der Waals surface area contributed by atoms with Gasteiger partial charge in [0.1, 0.15) is 0 Å². The molecule has 1 aliphatic rings. The van der Waals surface area contributed by atoms with E-state index in [9.17, 15) is 0 Å². The second-order valence-electron chi connectivity index (χ2n) is 6.12. The zero-order chi connectivity index (χ0) is 15.3. The number of para-hydroxylation sites is 1. The molecule has 1 unspecified atom stereocenters. The van der Waals surface area contributed by atoms with Gasteiger partial charge in [-0.15, -0.1) is 0 Å². The molecule has 1 aliphatic heterocycles. The first-order chi connectivity index (χ1) is 10.1. The van der Waals surface area contributed by atoms with Gasteiger partial charge in [-0.3, -0.25) is 4.99 Å². The van der Waals surface area contributed by atoms with Gasteiger partial charge in [0.15, 0.2) is 5.96 Å². The van der Waals surface area contributed by atoms with Gasteiger partial charge >= 0.3 is 0 Å². The first kappa shape index (κ1) is 16.2. The van der Waals surface area contributed by atoms with Crippen LogP contribution in [-0.2, 0) is 0 Å². The monoisotopic (exact) mass is 307 g/mol. The number of halogens is 1. The highest BCUT2D eigenvalue weighted by Gasteiger charge is 2.39. The molecule has 0 amide bonds. The van der Waals surface area contributed by atoms with Crippen LogP contribution in [0.15, 0.2) is 29.3 Å². The Morgan fingerprint density at radius 1 is 1.24 bits per heavy atom. The largest absolute Gasteiger partial charge is 0.369 e. The normalized spacial score (nSPS) is 21.7. The minimum Gasteiger partial charge on any atom is -0.369 e. The fraction of sp³-hybridized carbons (Fsp3) is 0.588. The predicted molar refractivity (Wildman–Crippen MR) is 92.2 cm³/mol. The molecule has 2 N–H and O–H groups in total. The van der Waals surface area contributed by atoms with E-state index in [1.165, 1.54) is 32.1 Å². The van der Waals surface area contributed by atoms with Crippen molar-refractivity contribution < 1.29 is 0 Å². The van der Waals surface area contributed by atoms with Gasteiger partial charge in [0.2, 0.25) is 0 Å². The van der Waals surface area contributed by atoms with Gasteiger partial charge < -0.3 is 10.6 Å². The summed E-state index contributed by atoms with van der Waals surface area (Å²) >= 11 is 6.35. The summed E-state index contributed by atoms with van der Waals surface area (Å²) in [6, 6.07) is 7.86. The van der Waals surface area contributed by atoms with Crippen LogP contribution in [0.2, 0.25) is 5.02 Å². The van der Waals surface area contributed by atoms with E-state index in [0.717, 1.165) is 23.7 Å². The molecule has 0 aromatic heterocycles. The first-order valence-electron chi connectivity index (χ1n) is 7.93. The summed E-state index contributed by atoms with van der Waals surface area (Å²) < 4.78 is 0. The SMILES string of the molecule is CCCCCCCC1(C)CN=C(N)N1c1ccccc1Cl. The van der Waals surface area contributed by atoms with Crippen molar-refractivity contribution in [3.05, 3.63) is 29.3 Å². The van der Waals surface area contributed by atoms with Crippen LogP contribution in [0.4, 0.5) is 5.69 Å². The van der Waals surface area contributed by atoms with Crippen molar-refractivity contribution in [1.29, 1.82) is 0 Å². The Morgan fingerprint density at radius 2 is 1.95 bits per heavy atom. The standard InChI is InChI=1S/C17H26ClN3/c1-3-4-5-6-9-12-17(2)13-20-16(19)21(17)15-11-8-7-10-14(15)18/h7-8,10-11H,3-6,9,12-13H2,1-2H3,(H2,19,20). The molecule has 21 heavy (non-hydrogen) atoms. The molecule has 3 nitrogen and oxygen atoms in total. The van der Waals surface area contributed by atoms with Gasteiger partial charge in [0, 0.05) is 0 Å². The zero-order valence-electron chi connectivity index (χ0n) is 13.1. The Kier molecular flexibility index (Phi) is 5.51. The molecule has 1 heterocycles. The van der Waals surface area contributed by atoms with E-state index in [-0.39, 0.29) is 5.54 Å². The van der Waals surface area contributed by atoms with E-state index >= 15 is 0 Å². The van der Waals surface area contributed by atoms with Crippen molar-refractivity contribution in [2.24, 2.45) is 10.7 Å². The third-order valence-corrected chi connectivity index (χ3v) is 4.58. The Hall–Kier alpha value is -1.22. The summed E-state index contributed by atoms with van der Waals surface area (Å²) in [6.07, 6.45) is 7.49. The van der Waals surface area contributed by atoms with Crippen LogP contribution in [0.3, 0.4) is 0 Å². The number of aliphatic imine (C=N–C) groups is 1. The summed E-state index contributed by atoms with van der Waals surface area (Å²) in [4.78, 5) is 6.59. The lowest BCUT2D eigenvalue weighted by Crippen LogP contribution is -2.50. The van der Waals surface area contributed by atoms with Gasteiger partial charge in [0.05, 0.1) is 22.8 Å². The van der Waals surface area contributed by atoms with E-state index in [1.807, 2.05) is 24.3 Å². The third-order valence-electron chi connectivity index (χ3n) is 4.26. The Labute approximate surface area is 133 Å². The molecule has 0 spiro atoms. The lowest BCUT2D eigenvalue weighted by molar-refractivity contribution is 0.433. The minimum atomic E-state index is -0.0543. The van der Waals surface area contributed by atoms with Crippen LogP contribution in [0, 0.1) is 0 Å². The van der Waals surface area contributed by atoms with Gasteiger partial charge in [-0.05, 0) is 25.5 Å². The summed E-state index contributed by atoms with van der Waals surface area (Å²) in [5.41, 5.74) is 7.04. The second kappa shape index (κ2) is 7.17. The van der Waals surface area contributed by atoms with Crippen LogP contribution < -0.4 is 10.6 Å². The van der Waals surface area contributed by atoms with Crippen molar-refractivity contribution in [2.45, 2.75) is 57.9 Å². The van der Waals surface area contributed by atoms with Crippen LogP contribution in [0.25, 0.3) is 0 Å². The number of nitrogens with two attached hydrogens (primary N) is 1. The Balaban J connectivity index is 2.07. The summed E-state index contributed by atoms with van der Waals surface area (Å²) in [6.45, 7) is 5.23. The molecular weight excluding hydrogens is 282 g/mol. The van der Waals surface area contributed by atoms with Crippen LogP contribution >= 0.6 is 11.6 Å². The number of nitrogens with zero attached hydrogens (tertiary/aromatic N) is 2.